The van der Waals surface area contributed by atoms with Crippen LogP contribution in [0.5, 0.6) is 5.75 Å². The lowest BCUT2D eigenvalue weighted by Gasteiger charge is -2.16. The number of hydrogen-bond donors (Lipinski definition) is 1. The number of fused-ring (bicyclic) bond motifs is 1. The summed E-state index contributed by atoms with van der Waals surface area (Å²) in [5, 5.41) is 3.25. The van der Waals surface area contributed by atoms with E-state index in [4.69, 9.17) is 31.0 Å². The van der Waals surface area contributed by atoms with E-state index in [1.54, 1.807) is 30.3 Å². The lowest BCUT2D eigenvalue weighted by molar-refractivity contribution is -0.123. The Morgan fingerprint density at radius 3 is 2.02 bits per heavy atom. The number of aryl methyl sites for hydroxylation is 1. The van der Waals surface area contributed by atoms with Gasteiger partial charge in [-0.05, 0) is 43.7 Å². The second kappa shape index (κ2) is 11.6. The number of nitrogens with zero attached hydrogens (tertiary/aromatic N) is 2. The highest BCUT2D eigenvalue weighted by atomic mass is 35.5. The van der Waals surface area contributed by atoms with Crippen LogP contribution in [-0.4, -0.2) is 35.1 Å². The molecule has 0 saturated carbocycles. The van der Waals surface area contributed by atoms with Crippen LogP contribution in [-0.2, 0) is 9.53 Å². The van der Waals surface area contributed by atoms with Crippen LogP contribution in [0.15, 0.2) is 91.0 Å². The van der Waals surface area contributed by atoms with Crippen molar-refractivity contribution >= 4 is 40.2 Å². The SMILES string of the molecule is COc1cc(Cl)c(C)cc1NC(=O)C(C)OC(=O)c1ccc2nc(-c3ccccc3)c(-c3ccccc3)nc2c1. The van der Waals surface area contributed by atoms with Gasteiger partial charge in [0.15, 0.2) is 6.10 Å². The Morgan fingerprint density at radius 2 is 1.43 bits per heavy atom. The second-order valence-electron chi connectivity index (χ2n) is 9.19. The summed E-state index contributed by atoms with van der Waals surface area (Å²) in [5.41, 5.74) is 5.90. The molecule has 4 aromatic carbocycles. The van der Waals surface area contributed by atoms with Crippen molar-refractivity contribution in [2.75, 3.05) is 12.4 Å². The molecule has 5 aromatic rings. The van der Waals surface area contributed by atoms with Crippen molar-refractivity contribution in [1.29, 1.82) is 0 Å². The van der Waals surface area contributed by atoms with Gasteiger partial charge in [0.1, 0.15) is 5.75 Å². The Kier molecular flexibility index (Phi) is 7.75. The first-order valence-corrected chi connectivity index (χ1v) is 13.0. The number of anilines is 1. The van der Waals surface area contributed by atoms with E-state index in [0.29, 0.717) is 33.2 Å². The van der Waals surface area contributed by atoms with Gasteiger partial charge in [0.2, 0.25) is 0 Å². The first-order valence-electron chi connectivity index (χ1n) is 12.6. The molecule has 1 atom stereocenters. The van der Waals surface area contributed by atoms with E-state index >= 15 is 0 Å². The highest BCUT2D eigenvalue weighted by Crippen LogP contribution is 2.32. The molecule has 0 radical (unpaired) electrons. The maximum absolute atomic E-state index is 13.0. The summed E-state index contributed by atoms with van der Waals surface area (Å²) in [6.45, 7) is 3.32. The number of halogens is 1. The minimum atomic E-state index is -1.07. The molecule has 1 amide bonds. The number of carbonyl (C=O) groups is 2. The molecule has 0 aliphatic heterocycles. The molecule has 7 nitrogen and oxygen atoms in total. The molecule has 200 valence electrons. The van der Waals surface area contributed by atoms with Gasteiger partial charge in [-0.2, -0.15) is 0 Å². The predicted molar refractivity (Wildman–Crippen MR) is 157 cm³/mol. The summed E-state index contributed by atoms with van der Waals surface area (Å²) in [6.07, 6.45) is -1.07. The molecular formula is C32H26ClN3O4. The number of carbonyl (C=O) groups excluding carboxylic acids is 2. The Hall–Kier alpha value is -4.75. The topological polar surface area (TPSA) is 90.4 Å². The third-order valence-electron chi connectivity index (χ3n) is 6.39. The minimum absolute atomic E-state index is 0.257. The van der Waals surface area contributed by atoms with Crippen LogP contribution in [0.2, 0.25) is 5.02 Å². The third kappa shape index (κ3) is 5.65. The summed E-state index contributed by atoms with van der Waals surface area (Å²) in [7, 11) is 1.48. The molecule has 0 aliphatic carbocycles. The summed E-state index contributed by atoms with van der Waals surface area (Å²) in [5.74, 6) is -0.758. The Labute approximate surface area is 236 Å². The van der Waals surface area contributed by atoms with Crippen LogP contribution in [0.25, 0.3) is 33.5 Å². The van der Waals surface area contributed by atoms with E-state index in [1.165, 1.54) is 14.0 Å². The average Bonchev–Trinajstić information content (AvgIpc) is 2.98. The Morgan fingerprint density at radius 1 is 0.825 bits per heavy atom. The average molecular weight is 552 g/mol. The van der Waals surface area contributed by atoms with Crippen molar-refractivity contribution in [2.45, 2.75) is 20.0 Å². The van der Waals surface area contributed by atoms with Crippen molar-refractivity contribution in [3.8, 4) is 28.3 Å². The summed E-state index contributed by atoms with van der Waals surface area (Å²) in [4.78, 5) is 35.6. The highest BCUT2D eigenvalue weighted by Gasteiger charge is 2.22. The monoisotopic (exact) mass is 551 g/mol. The molecule has 0 spiro atoms. The van der Waals surface area contributed by atoms with Crippen molar-refractivity contribution in [3.63, 3.8) is 0 Å². The fraction of sp³-hybridized carbons (Fsp3) is 0.125. The lowest BCUT2D eigenvalue weighted by atomic mass is 10.0. The van der Waals surface area contributed by atoms with Crippen molar-refractivity contribution < 1.29 is 19.1 Å². The number of hydrogen-bond acceptors (Lipinski definition) is 6. The van der Waals surface area contributed by atoms with Crippen molar-refractivity contribution in [2.24, 2.45) is 0 Å². The number of amides is 1. The molecule has 8 heteroatoms. The van der Waals surface area contributed by atoms with Gasteiger partial charge in [0.25, 0.3) is 5.91 Å². The van der Waals surface area contributed by atoms with Gasteiger partial charge in [-0.3, -0.25) is 4.79 Å². The van der Waals surface area contributed by atoms with E-state index < -0.39 is 18.0 Å². The molecular weight excluding hydrogens is 526 g/mol. The van der Waals surface area contributed by atoms with Gasteiger partial charge < -0.3 is 14.8 Å². The van der Waals surface area contributed by atoms with E-state index in [2.05, 4.69) is 5.32 Å². The summed E-state index contributed by atoms with van der Waals surface area (Å²) < 4.78 is 10.8. The molecule has 1 heterocycles. The molecule has 1 aromatic heterocycles. The molecule has 0 aliphatic rings. The molecule has 1 unspecified atom stereocenters. The minimum Gasteiger partial charge on any atom is -0.495 e. The van der Waals surface area contributed by atoms with Gasteiger partial charge in [0.05, 0.1) is 40.8 Å². The van der Waals surface area contributed by atoms with Crippen molar-refractivity contribution in [1.82, 2.24) is 9.97 Å². The second-order valence-corrected chi connectivity index (χ2v) is 9.60. The van der Waals surface area contributed by atoms with Crippen LogP contribution in [0.1, 0.15) is 22.8 Å². The maximum Gasteiger partial charge on any atom is 0.338 e. The number of benzene rings is 4. The van der Waals surface area contributed by atoms with Crippen LogP contribution in [0, 0.1) is 6.92 Å². The molecule has 40 heavy (non-hydrogen) atoms. The maximum atomic E-state index is 13.0. The van der Waals surface area contributed by atoms with Crippen LogP contribution in [0.4, 0.5) is 5.69 Å². The smallest absolute Gasteiger partial charge is 0.338 e. The van der Waals surface area contributed by atoms with E-state index in [0.717, 1.165) is 22.4 Å². The zero-order valence-electron chi connectivity index (χ0n) is 22.1. The van der Waals surface area contributed by atoms with E-state index in [-0.39, 0.29) is 5.56 Å². The zero-order chi connectivity index (χ0) is 28.2. The first kappa shape index (κ1) is 26.8. The normalized spacial score (nSPS) is 11.6. The molecule has 1 N–H and O–H groups in total. The highest BCUT2D eigenvalue weighted by molar-refractivity contribution is 6.31. The van der Waals surface area contributed by atoms with Gasteiger partial charge in [-0.1, -0.05) is 72.3 Å². The predicted octanol–water partition coefficient (Wildman–Crippen LogP) is 7.12. The lowest BCUT2D eigenvalue weighted by Crippen LogP contribution is -2.30. The van der Waals surface area contributed by atoms with E-state index in [9.17, 15) is 9.59 Å². The number of nitrogens with one attached hydrogen (secondary N) is 1. The number of methoxy groups -OCH3 is 1. The molecule has 5 rings (SSSR count). The Balaban J connectivity index is 1.41. The standard InChI is InChI=1S/C32H26ClN3O4/c1-19-16-27(28(39-3)18-24(19)33)36-31(37)20(2)40-32(38)23-14-15-25-26(17-23)35-30(22-12-8-5-9-13-22)29(34-25)21-10-6-4-7-11-21/h4-18,20H,1-3H3,(H,36,37). The van der Waals surface area contributed by atoms with Crippen molar-refractivity contribution in [3.05, 3.63) is 107 Å². The van der Waals surface area contributed by atoms with Crippen LogP contribution in [0.3, 0.4) is 0 Å². The van der Waals surface area contributed by atoms with Crippen LogP contribution < -0.4 is 10.1 Å². The van der Waals surface area contributed by atoms with Crippen LogP contribution >= 0.6 is 11.6 Å². The number of ether oxygens (including phenoxy) is 2. The van der Waals surface area contributed by atoms with E-state index in [1.807, 2.05) is 67.6 Å². The molecule has 0 bridgehead atoms. The van der Waals surface area contributed by atoms with Gasteiger partial charge >= 0.3 is 5.97 Å². The van der Waals surface area contributed by atoms with Gasteiger partial charge in [-0.25, -0.2) is 14.8 Å². The first-order chi connectivity index (χ1) is 19.3. The largest absolute Gasteiger partial charge is 0.495 e. The fourth-order valence-corrected chi connectivity index (χ4v) is 4.38. The molecule has 0 fully saturated rings. The number of rotatable bonds is 7. The fourth-order valence-electron chi connectivity index (χ4n) is 4.22. The summed E-state index contributed by atoms with van der Waals surface area (Å²) in [6, 6.07) is 27.9. The zero-order valence-corrected chi connectivity index (χ0v) is 22.9. The van der Waals surface area contributed by atoms with Gasteiger partial charge in [0, 0.05) is 22.2 Å². The Bertz CT molecular complexity index is 1710. The molecule has 0 saturated heterocycles. The summed E-state index contributed by atoms with van der Waals surface area (Å²) >= 11 is 6.15. The third-order valence-corrected chi connectivity index (χ3v) is 6.79. The number of esters is 1. The van der Waals surface area contributed by atoms with Gasteiger partial charge in [-0.15, -0.1) is 0 Å². The quantitative estimate of drug-likeness (QED) is 0.217. The number of aromatic nitrogens is 2.